The van der Waals surface area contributed by atoms with Crippen LogP contribution < -0.4 is 5.32 Å². The molecule has 0 spiro atoms. The van der Waals surface area contributed by atoms with Gasteiger partial charge < -0.3 is 10.2 Å². The summed E-state index contributed by atoms with van der Waals surface area (Å²) < 4.78 is 3.19. The topological polar surface area (TPSA) is 97.4 Å². The molecule has 1 aliphatic rings. The van der Waals surface area contributed by atoms with Gasteiger partial charge in [-0.3, -0.25) is 14.3 Å². The minimum Gasteiger partial charge on any atom is -0.349 e. The minimum atomic E-state index is -0.130. The van der Waals surface area contributed by atoms with E-state index in [1.54, 1.807) is 58.2 Å². The summed E-state index contributed by atoms with van der Waals surface area (Å²) in [6, 6.07) is 1.82. The van der Waals surface area contributed by atoms with Gasteiger partial charge in [-0.1, -0.05) is 0 Å². The first-order valence-electron chi connectivity index (χ1n) is 8.49. The molecule has 1 N–H and O–H groups in total. The lowest BCUT2D eigenvalue weighted by Crippen LogP contribution is -2.46. The zero-order valence-corrected chi connectivity index (χ0v) is 14.4. The summed E-state index contributed by atoms with van der Waals surface area (Å²) in [6.07, 6.45) is 9.63. The van der Waals surface area contributed by atoms with Crippen LogP contribution in [0.1, 0.15) is 33.6 Å². The summed E-state index contributed by atoms with van der Waals surface area (Å²) in [4.78, 5) is 31.0. The normalized spacial score (nSPS) is 15.3. The summed E-state index contributed by atoms with van der Waals surface area (Å²) in [5.41, 5.74) is 1.61. The van der Waals surface area contributed by atoms with Crippen molar-refractivity contribution < 1.29 is 9.59 Å². The standard InChI is InChI=1S/C17H19N7O2/c1-22-11-12(9-19-22)16(25)21-13-3-7-23(8-4-13)17(26)14-10-20-24-6-2-5-18-15(14)24/h2,5-6,9-11,13H,3-4,7-8H2,1H3,(H,21,25). The van der Waals surface area contributed by atoms with E-state index in [1.165, 1.54) is 0 Å². The van der Waals surface area contributed by atoms with Crippen LogP contribution in [-0.2, 0) is 7.05 Å². The van der Waals surface area contributed by atoms with E-state index in [0.29, 0.717) is 42.7 Å². The van der Waals surface area contributed by atoms with Gasteiger partial charge in [-0.25, -0.2) is 9.50 Å². The van der Waals surface area contributed by atoms with Crippen molar-refractivity contribution >= 4 is 17.5 Å². The number of hydrogen-bond acceptors (Lipinski definition) is 5. The number of nitrogens with zero attached hydrogens (tertiary/aromatic N) is 6. The van der Waals surface area contributed by atoms with Crippen molar-refractivity contribution in [2.24, 2.45) is 7.05 Å². The maximum Gasteiger partial charge on any atom is 0.259 e. The van der Waals surface area contributed by atoms with E-state index >= 15 is 0 Å². The van der Waals surface area contributed by atoms with Crippen LogP contribution in [0.15, 0.2) is 37.1 Å². The predicted octanol–water partition coefficient (Wildman–Crippen LogP) is 0.497. The highest BCUT2D eigenvalue weighted by molar-refractivity contribution is 5.99. The molecule has 4 heterocycles. The molecule has 0 saturated carbocycles. The molecule has 3 aromatic heterocycles. The van der Waals surface area contributed by atoms with Gasteiger partial charge in [0, 0.05) is 44.8 Å². The Balaban J connectivity index is 1.37. The van der Waals surface area contributed by atoms with E-state index < -0.39 is 0 Å². The Morgan fingerprint density at radius 1 is 1.19 bits per heavy atom. The molecule has 26 heavy (non-hydrogen) atoms. The molecule has 0 radical (unpaired) electrons. The van der Waals surface area contributed by atoms with Crippen LogP contribution in [0, 0.1) is 0 Å². The van der Waals surface area contributed by atoms with Crippen molar-refractivity contribution in [1.82, 2.24) is 34.6 Å². The molecule has 9 heteroatoms. The second-order valence-corrected chi connectivity index (χ2v) is 6.39. The highest BCUT2D eigenvalue weighted by atomic mass is 16.2. The van der Waals surface area contributed by atoms with E-state index in [2.05, 4.69) is 20.5 Å². The Kier molecular flexibility index (Phi) is 4.11. The lowest BCUT2D eigenvalue weighted by atomic mass is 10.0. The van der Waals surface area contributed by atoms with Crippen molar-refractivity contribution in [3.63, 3.8) is 0 Å². The Morgan fingerprint density at radius 2 is 2.00 bits per heavy atom. The minimum absolute atomic E-state index is 0.0498. The average molecular weight is 353 g/mol. The number of carbonyl (C=O) groups excluding carboxylic acids is 2. The lowest BCUT2D eigenvalue weighted by Gasteiger charge is -2.32. The Bertz CT molecular complexity index is 953. The predicted molar refractivity (Wildman–Crippen MR) is 92.6 cm³/mol. The van der Waals surface area contributed by atoms with Gasteiger partial charge in [-0.05, 0) is 18.9 Å². The fraction of sp³-hybridized carbons (Fsp3) is 0.353. The van der Waals surface area contributed by atoms with Gasteiger partial charge in [0.05, 0.1) is 18.0 Å². The third kappa shape index (κ3) is 3.03. The second-order valence-electron chi connectivity index (χ2n) is 6.39. The van der Waals surface area contributed by atoms with Crippen molar-refractivity contribution in [3.8, 4) is 0 Å². The van der Waals surface area contributed by atoms with Gasteiger partial charge in [-0.2, -0.15) is 10.2 Å². The zero-order chi connectivity index (χ0) is 18.1. The van der Waals surface area contributed by atoms with Crippen LogP contribution in [0.4, 0.5) is 0 Å². The van der Waals surface area contributed by atoms with Crippen molar-refractivity contribution in [2.75, 3.05) is 13.1 Å². The number of hydrogen-bond donors (Lipinski definition) is 1. The number of amides is 2. The average Bonchev–Trinajstić information content (AvgIpc) is 3.28. The van der Waals surface area contributed by atoms with Gasteiger partial charge in [0.15, 0.2) is 5.65 Å². The van der Waals surface area contributed by atoms with Crippen molar-refractivity contribution in [2.45, 2.75) is 18.9 Å². The Labute approximate surface area is 149 Å². The number of carbonyl (C=O) groups is 2. The number of aryl methyl sites for hydroxylation is 1. The molecule has 9 nitrogen and oxygen atoms in total. The first-order chi connectivity index (χ1) is 12.6. The van der Waals surface area contributed by atoms with Crippen LogP contribution in [0.3, 0.4) is 0 Å². The van der Waals surface area contributed by atoms with Crippen LogP contribution in [-0.4, -0.2) is 60.2 Å². The van der Waals surface area contributed by atoms with E-state index in [4.69, 9.17) is 0 Å². The largest absolute Gasteiger partial charge is 0.349 e. The Morgan fingerprint density at radius 3 is 2.73 bits per heavy atom. The van der Waals surface area contributed by atoms with Crippen LogP contribution >= 0.6 is 0 Å². The quantitative estimate of drug-likeness (QED) is 0.739. The molecule has 0 bridgehead atoms. The van der Waals surface area contributed by atoms with Crippen LogP contribution in [0.5, 0.6) is 0 Å². The molecule has 0 atom stereocenters. The van der Waals surface area contributed by atoms with Crippen LogP contribution in [0.25, 0.3) is 5.65 Å². The summed E-state index contributed by atoms with van der Waals surface area (Å²) >= 11 is 0. The number of piperidine rings is 1. The fourth-order valence-corrected chi connectivity index (χ4v) is 3.18. The molecule has 0 unspecified atom stereocenters. The summed E-state index contributed by atoms with van der Waals surface area (Å²) in [6.45, 7) is 1.17. The highest BCUT2D eigenvalue weighted by Crippen LogP contribution is 2.16. The first-order valence-corrected chi connectivity index (χ1v) is 8.49. The van der Waals surface area contributed by atoms with Crippen LogP contribution in [0.2, 0.25) is 0 Å². The molecular weight excluding hydrogens is 334 g/mol. The molecule has 1 fully saturated rings. The zero-order valence-electron chi connectivity index (χ0n) is 14.4. The number of nitrogens with one attached hydrogen (secondary N) is 1. The van der Waals surface area contributed by atoms with Gasteiger partial charge in [0.1, 0.15) is 5.56 Å². The molecule has 0 aliphatic carbocycles. The second kappa shape index (κ2) is 6.58. The van der Waals surface area contributed by atoms with E-state index in [1.807, 2.05) is 0 Å². The molecule has 4 rings (SSSR count). The van der Waals surface area contributed by atoms with Gasteiger partial charge in [-0.15, -0.1) is 0 Å². The molecule has 1 saturated heterocycles. The summed E-state index contributed by atoms with van der Waals surface area (Å²) in [5, 5.41) is 11.2. The lowest BCUT2D eigenvalue weighted by molar-refractivity contribution is 0.0699. The van der Waals surface area contributed by atoms with Gasteiger partial charge >= 0.3 is 0 Å². The number of aromatic nitrogens is 5. The maximum atomic E-state index is 12.8. The maximum absolute atomic E-state index is 12.8. The SMILES string of the molecule is Cn1cc(C(=O)NC2CCN(C(=O)c3cnn4cccnc34)CC2)cn1. The monoisotopic (exact) mass is 353 g/mol. The van der Waals surface area contributed by atoms with Gasteiger partial charge in [0.25, 0.3) is 11.8 Å². The Hall–Kier alpha value is -3.23. The third-order valence-corrected chi connectivity index (χ3v) is 4.59. The summed E-state index contributed by atoms with van der Waals surface area (Å²) in [5.74, 6) is -0.203. The van der Waals surface area contributed by atoms with E-state index in [0.717, 1.165) is 0 Å². The summed E-state index contributed by atoms with van der Waals surface area (Å²) in [7, 11) is 1.77. The third-order valence-electron chi connectivity index (χ3n) is 4.59. The highest BCUT2D eigenvalue weighted by Gasteiger charge is 2.27. The molecular formula is C17H19N7O2. The van der Waals surface area contributed by atoms with E-state index in [-0.39, 0.29) is 17.9 Å². The number of likely N-dealkylation sites (tertiary alicyclic amines) is 1. The fourth-order valence-electron chi connectivity index (χ4n) is 3.18. The molecule has 3 aromatic rings. The molecule has 134 valence electrons. The first kappa shape index (κ1) is 16.2. The van der Waals surface area contributed by atoms with Crippen molar-refractivity contribution in [3.05, 3.63) is 48.2 Å². The van der Waals surface area contributed by atoms with E-state index in [9.17, 15) is 9.59 Å². The molecule has 0 aromatic carbocycles. The molecule has 2 amide bonds. The number of fused-ring (bicyclic) bond motifs is 1. The number of rotatable bonds is 3. The van der Waals surface area contributed by atoms with Gasteiger partial charge in [0.2, 0.25) is 0 Å². The molecule has 1 aliphatic heterocycles. The smallest absolute Gasteiger partial charge is 0.259 e. The van der Waals surface area contributed by atoms with Crippen molar-refractivity contribution in [1.29, 1.82) is 0 Å².